The largest absolute Gasteiger partial charge is 0.336 e. The van der Waals surface area contributed by atoms with E-state index in [1.165, 1.54) is 0 Å². The fourth-order valence-corrected chi connectivity index (χ4v) is 3.45. The van der Waals surface area contributed by atoms with Gasteiger partial charge in [-0.2, -0.15) is 0 Å². The number of aryl methyl sites for hydroxylation is 1. The summed E-state index contributed by atoms with van der Waals surface area (Å²) < 4.78 is 0. The van der Waals surface area contributed by atoms with Crippen LogP contribution < -0.4 is 11.1 Å². The molecule has 110 valence electrons. The first kappa shape index (κ1) is 15.0. The number of amides is 1. The zero-order valence-corrected chi connectivity index (χ0v) is 12.8. The molecule has 0 saturated heterocycles. The van der Waals surface area contributed by atoms with Gasteiger partial charge in [-0.1, -0.05) is 50.1 Å². The van der Waals surface area contributed by atoms with Crippen LogP contribution >= 0.6 is 0 Å². The normalized spacial score (nSPS) is 26.7. The lowest BCUT2D eigenvalue weighted by molar-refractivity contribution is -0.143. The third kappa shape index (κ3) is 2.59. The smallest absolute Gasteiger partial charge is 0.227 e. The molecule has 0 aromatic heterocycles. The average molecular weight is 274 g/mol. The molecule has 1 aliphatic rings. The molecule has 3 nitrogen and oxygen atoms in total. The SMILES string of the molecule is CCC1CCC1(CC)C(=O)NC(N)c1cccc(C)c1. The summed E-state index contributed by atoms with van der Waals surface area (Å²) in [6.07, 6.45) is 3.72. The van der Waals surface area contributed by atoms with Gasteiger partial charge in [0.25, 0.3) is 0 Å². The van der Waals surface area contributed by atoms with E-state index in [-0.39, 0.29) is 11.3 Å². The van der Waals surface area contributed by atoms with E-state index in [0.717, 1.165) is 36.8 Å². The van der Waals surface area contributed by atoms with E-state index in [9.17, 15) is 4.79 Å². The molecule has 0 radical (unpaired) electrons. The minimum atomic E-state index is -0.413. The van der Waals surface area contributed by atoms with Crippen molar-refractivity contribution in [2.45, 2.75) is 52.6 Å². The molecule has 0 heterocycles. The fraction of sp³-hybridized carbons (Fsp3) is 0.588. The maximum atomic E-state index is 12.6. The molecule has 3 unspecified atom stereocenters. The van der Waals surface area contributed by atoms with Gasteiger partial charge in [0.1, 0.15) is 6.17 Å². The second-order valence-corrected chi connectivity index (χ2v) is 6.02. The molecule has 0 spiro atoms. The predicted molar refractivity (Wildman–Crippen MR) is 82.0 cm³/mol. The van der Waals surface area contributed by atoms with Crippen LogP contribution in [0.25, 0.3) is 0 Å². The Kier molecular flexibility index (Phi) is 4.48. The van der Waals surface area contributed by atoms with Crippen molar-refractivity contribution in [1.82, 2.24) is 5.32 Å². The summed E-state index contributed by atoms with van der Waals surface area (Å²) in [6.45, 7) is 6.31. The van der Waals surface area contributed by atoms with Crippen LogP contribution in [0, 0.1) is 18.3 Å². The van der Waals surface area contributed by atoms with Crippen LogP contribution in [0.2, 0.25) is 0 Å². The maximum Gasteiger partial charge on any atom is 0.227 e. The minimum absolute atomic E-state index is 0.132. The van der Waals surface area contributed by atoms with Gasteiger partial charge >= 0.3 is 0 Å². The monoisotopic (exact) mass is 274 g/mol. The van der Waals surface area contributed by atoms with Crippen LogP contribution in [0.1, 0.15) is 56.8 Å². The lowest BCUT2D eigenvalue weighted by atomic mass is 9.57. The van der Waals surface area contributed by atoms with Crippen LogP contribution in [0.15, 0.2) is 24.3 Å². The van der Waals surface area contributed by atoms with Gasteiger partial charge in [0.05, 0.1) is 5.41 Å². The fourth-order valence-electron chi connectivity index (χ4n) is 3.45. The van der Waals surface area contributed by atoms with Crippen molar-refractivity contribution < 1.29 is 4.79 Å². The summed E-state index contributed by atoms with van der Waals surface area (Å²) in [5, 5.41) is 3.02. The van der Waals surface area contributed by atoms with Gasteiger partial charge in [-0.05, 0) is 37.7 Å². The van der Waals surface area contributed by atoms with Crippen LogP contribution in [0.4, 0.5) is 0 Å². The van der Waals surface area contributed by atoms with Crippen molar-refractivity contribution in [2.75, 3.05) is 0 Å². The number of rotatable bonds is 5. The molecular formula is C17H26N2O. The first-order valence-electron chi connectivity index (χ1n) is 7.66. The molecule has 0 bridgehead atoms. The number of hydrogen-bond acceptors (Lipinski definition) is 2. The lowest BCUT2D eigenvalue weighted by Crippen LogP contribution is -2.53. The zero-order chi connectivity index (χ0) is 14.8. The molecule has 1 saturated carbocycles. The van der Waals surface area contributed by atoms with Gasteiger partial charge in [0.2, 0.25) is 5.91 Å². The second kappa shape index (κ2) is 5.96. The molecule has 3 heteroatoms. The highest BCUT2D eigenvalue weighted by molar-refractivity contribution is 5.84. The topological polar surface area (TPSA) is 55.1 Å². The predicted octanol–water partition coefficient (Wildman–Crippen LogP) is 3.28. The number of nitrogens with two attached hydrogens (primary N) is 1. The molecule has 1 aromatic carbocycles. The van der Waals surface area contributed by atoms with Crippen LogP contribution in [0.5, 0.6) is 0 Å². The Labute approximate surface area is 121 Å². The summed E-state index contributed by atoms with van der Waals surface area (Å²) in [4.78, 5) is 12.6. The highest BCUT2D eigenvalue weighted by Gasteiger charge is 2.50. The Morgan fingerprint density at radius 3 is 2.75 bits per heavy atom. The number of benzene rings is 1. The van der Waals surface area contributed by atoms with Gasteiger partial charge < -0.3 is 11.1 Å². The van der Waals surface area contributed by atoms with Crippen molar-refractivity contribution >= 4 is 5.91 Å². The lowest BCUT2D eigenvalue weighted by Gasteiger charge is -2.48. The van der Waals surface area contributed by atoms with Crippen molar-refractivity contribution in [3.8, 4) is 0 Å². The summed E-state index contributed by atoms with van der Waals surface area (Å²) in [5.41, 5.74) is 8.09. The molecule has 0 aliphatic heterocycles. The van der Waals surface area contributed by atoms with Gasteiger partial charge in [-0.15, -0.1) is 0 Å². The van der Waals surface area contributed by atoms with E-state index in [2.05, 4.69) is 19.2 Å². The molecule has 1 amide bonds. The quantitative estimate of drug-likeness (QED) is 0.810. The molecule has 20 heavy (non-hydrogen) atoms. The Morgan fingerprint density at radius 2 is 2.25 bits per heavy atom. The van der Waals surface area contributed by atoms with Gasteiger partial charge in [-0.3, -0.25) is 4.79 Å². The van der Waals surface area contributed by atoms with E-state index >= 15 is 0 Å². The average Bonchev–Trinajstić information content (AvgIpc) is 2.39. The van der Waals surface area contributed by atoms with E-state index in [1.54, 1.807) is 0 Å². The number of carbonyl (C=O) groups is 1. The molecule has 3 N–H and O–H groups in total. The molecule has 1 fully saturated rings. The Morgan fingerprint density at radius 1 is 1.50 bits per heavy atom. The van der Waals surface area contributed by atoms with Crippen LogP contribution in [-0.2, 0) is 4.79 Å². The van der Waals surface area contributed by atoms with Gasteiger partial charge in [-0.25, -0.2) is 0 Å². The first-order chi connectivity index (χ1) is 9.53. The van der Waals surface area contributed by atoms with Crippen LogP contribution in [-0.4, -0.2) is 5.91 Å². The van der Waals surface area contributed by atoms with Crippen molar-refractivity contribution in [2.24, 2.45) is 17.1 Å². The van der Waals surface area contributed by atoms with Gasteiger partial charge in [0, 0.05) is 0 Å². The Bertz CT molecular complexity index is 480. The molecular weight excluding hydrogens is 248 g/mol. The third-order valence-electron chi connectivity index (χ3n) is 4.98. The van der Waals surface area contributed by atoms with E-state index in [1.807, 2.05) is 31.2 Å². The minimum Gasteiger partial charge on any atom is -0.336 e. The number of carbonyl (C=O) groups excluding carboxylic acids is 1. The van der Waals surface area contributed by atoms with E-state index in [0.29, 0.717) is 5.92 Å². The van der Waals surface area contributed by atoms with Crippen molar-refractivity contribution in [1.29, 1.82) is 0 Å². The molecule has 1 aromatic rings. The molecule has 2 rings (SSSR count). The summed E-state index contributed by atoms with van der Waals surface area (Å²) >= 11 is 0. The highest BCUT2D eigenvalue weighted by Crippen LogP contribution is 2.51. The van der Waals surface area contributed by atoms with E-state index < -0.39 is 6.17 Å². The first-order valence-corrected chi connectivity index (χ1v) is 7.66. The van der Waals surface area contributed by atoms with Gasteiger partial charge in [0.15, 0.2) is 0 Å². The standard InChI is InChI=1S/C17H26N2O/c1-4-14-9-10-17(14,5-2)16(20)19-15(18)13-8-6-7-12(3)11-13/h6-8,11,14-15H,4-5,9-10,18H2,1-3H3,(H,19,20). The maximum absolute atomic E-state index is 12.6. The summed E-state index contributed by atoms with van der Waals surface area (Å²) in [6, 6.07) is 8.01. The molecule has 1 aliphatic carbocycles. The Hall–Kier alpha value is -1.35. The summed E-state index contributed by atoms with van der Waals surface area (Å²) in [7, 11) is 0. The second-order valence-electron chi connectivity index (χ2n) is 6.02. The molecule has 3 atom stereocenters. The van der Waals surface area contributed by atoms with Crippen LogP contribution in [0.3, 0.4) is 0 Å². The third-order valence-corrected chi connectivity index (χ3v) is 4.98. The van der Waals surface area contributed by atoms with E-state index in [4.69, 9.17) is 5.73 Å². The number of hydrogen-bond donors (Lipinski definition) is 2. The zero-order valence-electron chi connectivity index (χ0n) is 12.8. The number of nitrogens with one attached hydrogen (secondary N) is 1. The Balaban J connectivity index is 2.07. The highest BCUT2D eigenvalue weighted by atomic mass is 16.2. The van der Waals surface area contributed by atoms with Crippen molar-refractivity contribution in [3.63, 3.8) is 0 Å². The van der Waals surface area contributed by atoms with Crippen molar-refractivity contribution in [3.05, 3.63) is 35.4 Å². The summed E-state index contributed by atoms with van der Waals surface area (Å²) in [5.74, 6) is 0.643.